The topological polar surface area (TPSA) is 85.5 Å². The number of hydrogen-bond acceptors (Lipinski definition) is 5. The Morgan fingerprint density at radius 1 is 1.23 bits per heavy atom. The van der Waals surface area contributed by atoms with Gasteiger partial charge in [-0.2, -0.15) is 0 Å². The number of fused-ring (bicyclic) bond motifs is 1. The summed E-state index contributed by atoms with van der Waals surface area (Å²) in [6.07, 6.45) is 3.98. The largest absolute Gasteiger partial charge is 0.624 e. The summed E-state index contributed by atoms with van der Waals surface area (Å²) in [6.45, 7) is 6.08. The first-order valence-corrected chi connectivity index (χ1v) is 9.14. The minimum absolute atomic E-state index is 0.0376. The first-order chi connectivity index (χ1) is 10.5. The number of rotatable bonds is 4. The van der Waals surface area contributed by atoms with Crippen LogP contribution in [0.1, 0.15) is 26.5 Å². The van der Waals surface area contributed by atoms with Crippen LogP contribution in [0.5, 0.6) is 5.75 Å². The molecule has 0 aromatic carbocycles. The molecule has 0 amide bonds. The van der Waals surface area contributed by atoms with Crippen LogP contribution < -0.4 is 20.7 Å². The fraction of sp³-hybridized carbons (Fsp3) is 0.571. The quantitative estimate of drug-likeness (QED) is 0.600. The van der Waals surface area contributed by atoms with Gasteiger partial charge in [-0.05, 0) is 26.8 Å². The van der Waals surface area contributed by atoms with Crippen LogP contribution in [0.15, 0.2) is 21.7 Å². The van der Waals surface area contributed by atoms with Crippen LogP contribution in [0.25, 0.3) is 0 Å². The van der Waals surface area contributed by atoms with Crippen molar-refractivity contribution < 1.29 is 13.9 Å². The summed E-state index contributed by atoms with van der Waals surface area (Å²) in [5.41, 5.74) is -0.488. The van der Waals surface area contributed by atoms with Gasteiger partial charge in [0, 0.05) is 19.5 Å². The molecule has 1 aliphatic heterocycles. The second-order valence-corrected chi connectivity index (χ2v) is 6.86. The maximum atomic E-state index is 12.7. The van der Waals surface area contributed by atoms with Crippen molar-refractivity contribution in [2.75, 3.05) is 12.8 Å². The van der Waals surface area contributed by atoms with E-state index >= 15 is 0 Å². The molecule has 0 spiro atoms. The van der Waals surface area contributed by atoms with Crippen LogP contribution in [-0.4, -0.2) is 21.9 Å². The second kappa shape index (κ2) is 6.77. The molecule has 0 N–H and O–H groups in total. The second-order valence-electron chi connectivity index (χ2n) is 4.83. The molecule has 0 radical (unpaired) electrons. The third-order valence-electron chi connectivity index (χ3n) is 3.48. The lowest BCUT2D eigenvalue weighted by atomic mass is 10.2. The molecule has 1 aliphatic rings. The van der Waals surface area contributed by atoms with Gasteiger partial charge in [-0.3, -0.25) is 13.9 Å². The molecule has 1 unspecified atom stereocenters. The summed E-state index contributed by atoms with van der Waals surface area (Å²) >= 11 is 0. The van der Waals surface area contributed by atoms with Crippen molar-refractivity contribution >= 4 is 7.94 Å². The van der Waals surface area contributed by atoms with Crippen molar-refractivity contribution in [1.82, 2.24) is 9.13 Å². The zero-order valence-electron chi connectivity index (χ0n) is 13.1. The Balaban J connectivity index is 2.71. The monoisotopic (exact) mass is 328 g/mol. The van der Waals surface area contributed by atoms with Gasteiger partial charge < -0.3 is 9.42 Å². The van der Waals surface area contributed by atoms with Gasteiger partial charge in [-0.25, -0.2) is 9.32 Å². The van der Waals surface area contributed by atoms with Crippen LogP contribution in [0.4, 0.5) is 0 Å². The van der Waals surface area contributed by atoms with Crippen LogP contribution in [0, 0.1) is 0 Å². The highest BCUT2D eigenvalue weighted by Crippen LogP contribution is 2.52. The van der Waals surface area contributed by atoms with E-state index in [9.17, 15) is 14.5 Å². The third kappa shape index (κ3) is 3.02. The van der Waals surface area contributed by atoms with Crippen molar-refractivity contribution in [2.45, 2.75) is 40.3 Å². The van der Waals surface area contributed by atoms with E-state index in [1.165, 1.54) is 4.57 Å². The minimum Gasteiger partial charge on any atom is -0.624 e. The zero-order chi connectivity index (χ0) is 16.3. The molecule has 0 bridgehead atoms. The first-order valence-electron chi connectivity index (χ1n) is 7.42. The smallest absolute Gasteiger partial charge is 0.331 e. The molecule has 0 saturated carbocycles. The lowest BCUT2D eigenvalue weighted by Crippen LogP contribution is -2.42. The van der Waals surface area contributed by atoms with E-state index in [1.54, 1.807) is 26.0 Å². The molecule has 122 valence electrons. The van der Waals surface area contributed by atoms with E-state index in [-0.39, 0.29) is 30.8 Å². The van der Waals surface area contributed by atoms with Gasteiger partial charge in [-0.1, -0.05) is 6.08 Å². The lowest BCUT2D eigenvalue weighted by molar-refractivity contribution is -0.209. The molecule has 0 aliphatic carbocycles. The van der Waals surface area contributed by atoms with Gasteiger partial charge >= 0.3 is 11.2 Å². The molecule has 7 nitrogen and oxygen atoms in total. The highest BCUT2D eigenvalue weighted by atomic mass is 31.2. The molecule has 0 saturated heterocycles. The van der Waals surface area contributed by atoms with Gasteiger partial charge in [0.05, 0.1) is 12.3 Å². The molecule has 1 atom stereocenters. The third-order valence-corrected chi connectivity index (χ3v) is 5.25. The van der Waals surface area contributed by atoms with Crippen molar-refractivity contribution in [3.8, 4) is 5.75 Å². The standard InChI is InChI=1S/C14H21N2O5P/c1-4-15-11-9-7-8-10-22(19,20-6-3)21-12(11)13(17)16(5-2)14(15)18/h7-8H,4-6,9-10H2,1-3H3/b8-7-. The zero-order valence-corrected chi connectivity index (χ0v) is 14.0. The Labute approximate surface area is 129 Å². The SMILES string of the molecule is CCO[P+]1([O-])C/C=C\Cc2c(c(=O)n(CC)c(=O)n2CC)O1. The molecule has 1 aromatic heterocycles. The Kier molecular flexibility index (Phi) is 5.21. The van der Waals surface area contributed by atoms with Crippen LogP contribution in [0.2, 0.25) is 0 Å². The van der Waals surface area contributed by atoms with Gasteiger partial charge in [0.1, 0.15) is 6.16 Å². The average molecular weight is 328 g/mol. The summed E-state index contributed by atoms with van der Waals surface area (Å²) in [6, 6.07) is 0. The average Bonchev–Trinajstić information content (AvgIpc) is 2.46. The maximum absolute atomic E-state index is 12.7. The van der Waals surface area contributed by atoms with Crippen molar-refractivity contribution in [1.29, 1.82) is 0 Å². The molecule has 8 heteroatoms. The van der Waals surface area contributed by atoms with Gasteiger partial charge in [-0.15, -0.1) is 0 Å². The summed E-state index contributed by atoms with van der Waals surface area (Å²) < 4.78 is 13.3. The van der Waals surface area contributed by atoms with Crippen molar-refractivity contribution in [3.05, 3.63) is 38.7 Å². The summed E-state index contributed by atoms with van der Waals surface area (Å²) in [5, 5.41) is 0. The minimum atomic E-state index is -3.44. The normalized spacial score (nSPS) is 22.4. The van der Waals surface area contributed by atoms with E-state index in [0.29, 0.717) is 18.7 Å². The summed E-state index contributed by atoms with van der Waals surface area (Å²) in [4.78, 5) is 37.5. The Hall–Kier alpha value is -1.43. The first kappa shape index (κ1) is 16.9. The summed E-state index contributed by atoms with van der Waals surface area (Å²) in [7, 11) is -3.44. The highest BCUT2D eigenvalue weighted by molar-refractivity contribution is 7.59. The van der Waals surface area contributed by atoms with Crippen LogP contribution >= 0.6 is 7.94 Å². The van der Waals surface area contributed by atoms with Crippen LogP contribution in [-0.2, 0) is 24.0 Å². The number of hydrogen-bond donors (Lipinski definition) is 0. The molecule has 0 fully saturated rings. The molecule has 1 aromatic rings. The lowest BCUT2D eigenvalue weighted by Gasteiger charge is -2.28. The molecule has 2 heterocycles. The van der Waals surface area contributed by atoms with Gasteiger partial charge in [0.25, 0.3) is 13.7 Å². The Morgan fingerprint density at radius 3 is 2.50 bits per heavy atom. The van der Waals surface area contributed by atoms with E-state index in [0.717, 1.165) is 4.57 Å². The van der Waals surface area contributed by atoms with Gasteiger partial charge in [0.15, 0.2) is 0 Å². The number of allylic oxidation sites excluding steroid dienone is 2. The van der Waals surface area contributed by atoms with Crippen molar-refractivity contribution in [3.63, 3.8) is 0 Å². The predicted molar refractivity (Wildman–Crippen MR) is 83.2 cm³/mol. The van der Waals surface area contributed by atoms with Crippen LogP contribution in [0.3, 0.4) is 0 Å². The Morgan fingerprint density at radius 2 is 1.91 bits per heavy atom. The Bertz CT molecular complexity index is 694. The highest BCUT2D eigenvalue weighted by Gasteiger charge is 2.35. The maximum Gasteiger partial charge on any atom is 0.331 e. The van der Waals surface area contributed by atoms with Crippen molar-refractivity contribution in [2.24, 2.45) is 0 Å². The molecular formula is C14H21N2O5P. The number of aromatic nitrogens is 2. The van der Waals surface area contributed by atoms with E-state index in [2.05, 4.69) is 0 Å². The fourth-order valence-corrected chi connectivity index (χ4v) is 3.96. The van der Waals surface area contributed by atoms with Gasteiger partial charge in [0.2, 0.25) is 0 Å². The molecular weight excluding hydrogens is 307 g/mol. The van der Waals surface area contributed by atoms with E-state index < -0.39 is 13.5 Å². The summed E-state index contributed by atoms with van der Waals surface area (Å²) in [5.74, 6) is -0.0376. The van der Waals surface area contributed by atoms with E-state index in [4.69, 9.17) is 9.05 Å². The fourth-order valence-electron chi connectivity index (χ4n) is 2.47. The number of nitrogens with zero attached hydrogens (tertiary/aromatic N) is 2. The van der Waals surface area contributed by atoms with E-state index in [1.807, 2.05) is 6.92 Å². The molecule has 2 rings (SSSR count). The molecule has 22 heavy (non-hydrogen) atoms. The predicted octanol–water partition coefficient (Wildman–Crippen LogP) is 0.700.